The molecular weight excluding hydrogens is 210 g/mol. The Morgan fingerprint density at radius 2 is 1.59 bits per heavy atom. The van der Waals surface area contributed by atoms with E-state index in [1.165, 1.54) is 57.8 Å². The van der Waals surface area contributed by atoms with Crippen LogP contribution in [0.15, 0.2) is 24.4 Å². The van der Waals surface area contributed by atoms with Gasteiger partial charge in [0.05, 0.1) is 0 Å². The van der Waals surface area contributed by atoms with Gasteiger partial charge in [-0.15, -0.1) is 0 Å². The first kappa shape index (κ1) is 12.5. The zero-order chi connectivity index (χ0) is 12.0. The van der Waals surface area contributed by atoms with E-state index in [9.17, 15) is 0 Å². The van der Waals surface area contributed by atoms with Gasteiger partial charge in [-0.05, 0) is 12.8 Å². The first-order valence-electron chi connectivity index (χ1n) is 7.10. The largest absolute Gasteiger partial charge is 0.466 e. The van der Waals surface area contributed by atoms with Gasteiger partial charge in [-0.3, -0.25) is 0 Å². The van der Waals surface area contributed by atoms with Crippen molar-refractivity contribution < 1.29 is 4.74 Å². The Morgan fingerprint density at radius 1 is 1.00 bits per heavy atom. The summed E-state index contributed by atoms with van der Waals surface area (Å²) in [5, 5.41) is 3.15. The van der Waals surface area contributed by atoms with Gasteiger partial charge in [-0.1, -0.05) is 51.9 Å². The van der Waals surface area contributed by atoms with Crippen LogP contribution in [0.3, 0.4) is 0 Å². The summed E-state index contributed by atoms with van der Waals surface area (Å²) >= 11 is 0. The lowest BCUT2D eigenvalue weighted by atomic mass is 9.77. The lowest BCUT2D eigenvalue weighted by Gasteiger charge is -2.33. The van der Waals surface area contributed by atoms with Gasteiger partial charge in [0.2, 0.25) is 0 Å². The van der Waals surface area contributed by atoms with Crippen molar-refractivity contribution in [3.05, 3.63) is 24.4 Å². The highest BCUT2D eigenvalue weighted by molar-refractivity contribution is 5.10. The second-order valence-electron chi connectivity index (χ2n) is 5.63. The van der Waals surface area contributed by atoms with Crippen molar-refractivity contribution in [2.45, 2.75) is 64.7 Å². The third kappa shape index (κ3) is 3.52. The van der Waals surface area contributed by atoms with E-state index in [2.05, 4.69) is 12.2 Å². The van der Waals surface area contributed by atoms with Crippen LogP contribution in [0.1, 0.15) is 64.7 Å². The summed E-state index contributed by atoms with van der Waals surface area (Å²) in [6.07, 6.45) is 17.8. The zero-order valence-corrected chi connectivity index (χ0v) is 11.0. The van der Waals surface area contributed by atoms with Crippen LogP contribution in [0, 0.1) is 5.41 Å². The summed E-state index contributed by atoms with van der Waals surface area (Å²) in [4.78, 5) is 0. The van der Waals surface area contributed by atoms with Gasteiger partial charge in [-0.25, -0.2) is 0 Å². The average Bonchev–Trinajstić information content (AvgIpc) is 2.38. The number of rotatable bonds is 1. The molecule has 2 rings (SSSR count). The van der Waals surface area contributed by atoms with Crippen LogP contribution in [0.4, 0.5) is 0 Å². The fourth-order valence-electron chi connectivity index (χ4n) is 2.91. The van der Waals surface area contributed by atoms with Crippen LogP contribution in [0.5, 0.6) is 0 Å². The zero-order valence-electron chi connectivity index (χ0n) is 11.0. The van der Waals surface area contributed by atoms with E-state index in [1.807, 2.05) is 12.4 Å². The Kier molecular flexibility index (Phi) is 4.52. The van der Waals surface area contributed by atoms with Gasteiger partial charge in [0, 0.05) is 17.8 Å². The molecule has 1 fully saturated rings. The Bertz CT molecular complexity index is 283. The van der Waals surface area contributed by atoms with Crippen LogP contribution in [0.2, 0.25) is 0 Å². The van der Waals surface area contributed by atoms with E-state index in [4.69, 9.17) is 4.74 Å². The molecule has 0 aromatic heterocycles. The first-order valence-corrected chi connectivity index (χ1v) is 7.10. The number of allylic oxidation sites excluding steroid dienone is 1. The van der Waals surface area contributed by atoms with Gasteiger partial charge >= 0.3 is 0 Å². The summed E-state index contributed by atoms with van der Waals surface area (Å²) in [5.41, 5.74) is 0.231. The van der Waals surface area contributed by atoms with Crippen molar-refractivity contribution >= 4 is 0 Å². The minimum atomic E-state index is 0.231. The molecule has 1 saturated carbocycles. The highest BCUT2D eigenvalue weighted by Crippen LogP contribution is 2.40. The normalized spacial score (nSPS) is 25.4. The number of nitrogens with one attached hydrogen (secondary N) is 1. The Morgan fingerprint density at radius 3 is 2.12 bits per heavy atom. The molecule has 0 aromatic rings. The molecule has 0 aromatic carbocycles. The highest BCUT2D eigenvalue weighted by Gasteiger charge is 2.30. The molecular formula is C15H25NO. The number of hydrogen-bond acceptors (Lipinski definition) is 2. The first-order chi connectivity index (χ1) is 8.31. The molecule has 0 spiro atoms. The minimum absolute atomic E-state index is 0.231. The van der Waals surface area contributed by atoms with E-state index < -0.39 is 0 Å². The summed E-state index contributed by atoms with van der Waals surface area (Å²) in [5.74, 6) is 1.13. The molecule has 2 heteroatoms. The lowest BCUT2D eigenvalue weighted by molar-refractivity contribution is 0.173. The summed E-state index contributed by atoms with van der Waals surface area (Å²) in [7, 11) is 0. The molecule has 1 N–H and O–H groups in total. The Hall–Kier alpha value is -0.920. The van der Waals surface area contributed by atoms with Crippen molar-refractivity contribution in [3.8, 4) is 0 Å². The van der Waals surface area contributed by atoms with Crippen LogP contribution >= 0.6 is 0 Å². The topological polar surface area (TPSA) is 21.3 Å². The van der Waals surface area contributed by atoms with Crippen LogP contribution in [-0.4, -0.2) is 0 Å². The fraction of sp³-hybridized carbons (Fsp3) is 0.733. The van der Waals surface area contributed by atoms with Gasteiger partial charge in [0.25, 0.3) is 0 Å². The highest BCUT2D eigenvalue weighted by atomic mass is 16.5. The predicted octanol–water partition coefficient (Wildman–Crippen LogP) is 4.45. The van der Waals surface area contributed by atoms with E-state index in [0.29, 0.717) is 0 Å². The van der Waals surface area contributed by atoms with Crippen molar-refractivity contribution in [2.75, 3.05) is 0 Å². The quantitative estimate of drug-likeness (QED) is 0.725. The summed E-state index contributed by atoms with van der Waals surface area (Å²) in [6, 6.07) is 0. The van der Waals surface area contributed by atoms with Crippen LogP contribution in [-0.2, 0) is 4.74 Å². The maximum Gasteiger partial charge on any atom is 0.125 e. The fourth-order valence-corrected chi connectivity index (χ4v) is 2.91. The molecule has 0 bridgehead atoms. The molecule has 1 aliphatic carbocycles. The molecule has 0 unspecified atom stereocenters. The summed E-state index contributed by atoms with van der Waals surface area (Å²) in [6.45, 7) is 2.36. The van der Waals surface area contributed by atoms with E-state index >= 15 is 0 Å². The van der Waals surface area contributed by atoms with Crippen molar-refractivity contribution in [3.63, 3.8) is 0 Å². The molecule has 2 aliphatic rings. The van der Waals surface area contributed by atoms with Gasteiger partial charge in [0.15, 0.2) is 0 Å². The molecule has 1 heterocycles. The third-order valence-corrected chi connectivity index (χ3v) is 4.13. The Labute approximate surface area is 105 Å². The smallest absolute Gasteiger partial charge is 0.125 e. The number of ether oxygens (including phenoxy) is 1. The van der Waals surface area contributed by atoms with Gasteiger partial charge < -0.3 is 10.1 Å². The van der Waals surface area contributed by atoms with Crippen molar-refractivity contribution in [1.29, 1.82) is 0 Å². The molecule has 1 aliphatic heterocycles. The van der Waals surface area contributed by atoms with Crippen LogP contribution in [0.25, 0.3) is 0 Å². The standard InChI is InChI=1S/C15H25NO/c1-15(14-13-16-11-12-17-14)9-7-5-3-2-4-6-8-10-15/h11-13,16H,2-10H2,1H3. The molecule has 17 heavy (non-hydrogen) atoms. The molecule has 0 saturated heterocycles. The Balaban J connectivity index is 1.99. The molecule has 96 valence electrons. The SMILES string of the molecule is CC1(C2=CNC=CO2)CCCCCCCCC1. The molecule has 0 atom stereocenters. The second kappa shape index (κ2) is 6.13. The predicted molar refractivity (Wildman–Crippen MR) is 71.1 cm³/mol. The van der Waals surface area contributed by atoms with Crippen LogP contribution < -0.4 is 5.32 Å². The second-order valence-corrected chi connectivity index (χ2v) is 5.63. The third-order valence-electron chi connectivity index (χ3n) is 4.13. The monoisotopic (exact) mass is 235 g/mol. The van der Waals surface area contributed by atoms with Gasteiger partial charge in [0.1, 0.15) is 12.0 Å². The molecule has 2 nitrogen and oxygen atoms in total. The maximum absolute atomic E-state index is 5.71. The average molecular weight is 235 g/mol. The van der Waals surface area contributed by atoms with Crippen molar-refractivity contribution in [2.24, 2.45) is 5.41 Å². The number of hydrogen-bond donors (Lipinski definition) is 1. The van der Waals surface area contributed by atoms with Gasteiger partial charge in [-0.2, -0.15) is 0 Å². The van der Waals surface area contributed by atoms with E-state index in [0.717, 1.165) is 5.76 Å². The van der Waals surface area contributed by atoms with E-state index in [1.54, 1.807) is 6.26 Å². The summed E-state index contributed by atoms with van der Waals surface area (Å²) < 4.78 is 5.71. The lowest BCUT2D eigenvalue weighted by Crippen LogP contribution is -2.24. The molecule has 0 radical (unpaired) electrons. The minimum Gasteiger partial charge on any atom is -0.466 e. The van der Waals surface area contributed by atoms with Crippen molar-refractivity contribution in [1.82, 2.24) is 5.32 Å². The maximum atomic E-state index is 5.71. The molecule has 0 amide bonds. The van der Waals surface area contributed by atoms with E-state index in [-0.39, 0.29) is 5.41 Å².